The van der Waals surface area contributed by atoms with Crippen molar-refractivity contribution in [1.82, 2.24) is 5.32 Å². The molecule has 0 saturated carbocycles. The van der Waals surface area contributed by atoms with Crippen LogP contribution in [-0.4, -0.2) is 11.6 Å². The molecule has 0 bridgehead atoms. The van der Waals surface area contributed by atoms with Crippen molar-refractivity contribution in [2.45, 2.75) is 52.3 Å². The molecule has 1 unspecified atom stereocenters. The number of carbonyl (C=O) groups excluding carboxylic acids is 1. The lowest BCUT2D eigenvalue weighted by molar-refractivity contribution is -0.157. The molecule has 0 aliphatic heterocycles. The van der Waals surface area contributed by atoms with Gasteiger partial charge in [-0.1, -0.05) is 61.5 Å². The highest BCUT2D eigenvalue weighted by Crippen LogP contribution is 2.19. The van der Waals surface area contributed by atoms with Crippen molar-refractivity contribution in [3.8, 4) is 0 Å². The fraction of sp³-hybridized carbons (Fsp3) is 0.381. The Bertz CT molecular complexity index is 642. The van der Waals surface area contributed by atoms with Crippen LogP contribution in [0.4, 0.5) is 0 Å². The molecule has 0 amide bonds. The summed E-state index contributed by atoms with van der Waals surface area (Å²) >= 11 is 0. The lowest BCUT2D eigenvalue weighted by atomic mass is 10.1. The predicted molar refractivity (Wildman–Crippen MR) is 97.7 cm³/mol. The second-order valence-corrected chi connectivity index (χ2v) is 6.93. The lowest BCUT2D eigenvalue weighted by Crippen LogP contribution is -2.34. The average Bonchev–Trinajstić information content (AvgIpc) is 2.55. The van der Waals surface area contributed by atoms with Gasteiger partial charge in [0.25, 0.3) is 0 Å². The predicted octanol–water partition coefficient (Wildman–Crippen LogP) is 4.42. The van der Waals surface area contributed by atoms with Gasteiger partial charge >= 0.3 is 5.97 Å². The number of hydrogen-bond donors (Lipinski definition) is 1. The fourth-order valence-electron chi connectivity index (χ4n) is 2.46. The monoisotopic (exact) mass is 325 g/mol. The van der Waals surface area contributed by atoms with E-state index in [1.54, 1.807) is 0 Å². The summed E-state index contributed by atoms with van der Waals surface area (Å²) in [6.07, 6.45) is 1.03. The van der Waals surface area contributed by atoms with Crippen molar-refractivity contribution < 1.29 is 9.53 Å². The smallest absolute Gasteiger partial charge is 0.328 e. The molecule has 1 atom stereocenters. The molecule has 0 spiro atoms. The van der Waals surface area contributed by atoms with E-state index >= 15 is 0 Å². The highest BCUT2D eigenvalue weighted by atomic mass is 16.6. The van der Waals surface area contributed by atoms with Crippen LogP contribution in [0.15, 0.2) is 54.6 Å². The minimum Gasteiger partial charge on any atom is -0.459 e. The van der Waals surface area contributed by atoms with E-state index in [1.807, 2.05) is 51.1 Å². The number of ether oxygens (including phenoxy) is 1. The molecule has 0 aliphatic carbocycles. The molecular formula is C21H27NO2. The zero-order valence-corrected chi connectivity index (χ0v) is 15.0. The maximum Gasteiger partial charge on any atom is 0.328 e. The summed E-state index contributed by atoms with van der Waals surface area (Å²) in [5.41, 5.74) is 2.87. The summed E-state index contributed by atoms with van der Waals surface area (Å²) in [4.78, 5) is 12.6. The van der Waals surface area contributed by atoms with E-state index in [0.29, 0.717) is 6.54 Å². The van der Waals surface area contributed by atoms with Gasteiger partial charge in [-0.15, -0.1) is 0 Å². The Morgan fingerprint density at radius 3 is 2.12 bits per heavy atom. The summed E-state index contributed by atoms with van der Waals surface area (Å²) in [7, 11) is 0. The first-order valence-electron chi connectivity index (χ1n) is 8.48. The van der Waals surface area contributed by atoms with Gasteiger partial charge < -0.3 is 4.74 Å². The molecule has 3 heteroatoms. The highest BCUT2D eigenvalue weighted by Gasteiger charge is 2.26. The maximum atomic E-state index is 12.6. The van der Waals surface area contributed by atoms with Gasteiger partial charge in [0.05, 0.1) is 0 Å². The molecule has 0 saturated heterocycles. The highest BCUT2D eigenvalue weighted by molar-refractivity contribution is 5.78. The van der Waals surface area contributed by atoms with Gasteiger partial charge in [0.2, 0.25) is 0 Å². The van der Waals surface area contributed by atoms with Gasteiger partial charge in [-0.2, -0.15) is 0 Å². The molecule has 1 N–H and O–H groups in total. The van der Waals surface area contributed by atoms with E-state index in [2.05, 4.69) is 36.5 Å². The molecule has 0 aromatic heterocycles. The number of carbonyl (C=O) groups is 1. The Hall–Kier alpha value is -2.13. The van der Waals surface area contributed by atoms with Crippen molar-refractivity contribution in [3.63, 3.8) is 0 Å². The second kappa shape index (κ2) is 8.11. The fourth-order valence-corrected chi connectivity index (χ4v) is 2.46. The molecule has 2 rings (SSSR count). The number of hydrogen-bond acceptors (Lipinski definition) is 3. The third kappa shape index (κ3) is 5.50. The summed E-state index contributed by atoms with van der Waals surface area (Å²) in [6, 6.07) is 17.7. The molecule has 128 valence electrons. The Morgan fingerprint density at radius 1 is 1.00 bits per heavy atom. The topological polar surface area (TPSA) is 38.3 Å². The molecule has 3 nitrogen and oxygen atoms in total. The SMILES string of the molecule is CCc1ccc(CNC(C(=O)OC(C)(C)C)c2ccccc2)cc1. The van der Waals surface area contributed by atoms with E-state index < -0.39 is 11.6 Å². The number of esters is 1. The molecule has 0 radical (unpaired) electrons. The van der Waals surface area contributed by atoms with Crippen LogP contribution < -0.4 is 5.32 Å². The van der Waals surface area contributed by atoms with Crippen LogP contribution in [-0.2, 0) is 22.5 Å². The van der Waals surface area contributed by atoms with E-state index in [1.165, 1.54) is 5.56 Å². The summed E-state index contributed by atoms with van der Waals surface area (Å²) in [5, 5.41) is 3.34. The second-order valence-electron chi connectivity index (χ2n) is 6.93. The Kier molecular flexibility index (Phi) is 6.16. The van der Waals surface area contributed by atoms with Crippen molar-refractivity contribution in [2.75, 3.05) is 0 Å². The molecule has 0 aliphatic rings. The summed E-state index contributed by atoms with van der Waals surface area (Å²) in [5.74, 6) is -0.251. The van der Waals surface area contributed by atoms with Crippen LogP contribution in [0.25, 0.3) is 0 Å². The van der Waals surface area contributed by atoms with Crippen LogP contribution in [0.5, 0.6) is 0 Å². The minimum atomic E-state index is -0.505. The van der Waals surface area contributed by atoms with Crippen LogP contribution in [0.1, 0.15) is 50.4 Å². The summed E-state index contributed by atoms with van der Waals surface area (Å²) in [6.45, 7) is 8.41. The van der Waals surface area contributed by atoms with Gasteiger partial charge in [0.15, 0.2) is 0 Å². The average molecular weight is 325 g/mol. The van der Waals surface area contributed by atoms with Crippen molar-refractivity contribution >= 4 is 5.97 Å². The van der Waals surface area contributed by atoms with Gasteiger partial charge in [-0.05, 0) is 43.9 Å². The van der Waals surface area contributed by atoms with Crippen molar-refractivity contribution in [3.05, 3.63) is 71.3 Å². The van der Waals surface area contributed by atoms with E-state index in [9.17, 15) is 4.79 Å². The Balaban J connectivity index is 2.12. The zero-order valence-electron chi connectivity index (χ0n) is 15.0. The maximum absolute atomic E-state index is 12.6. The van der Waals surface area contributed by atoms with E-state index in [-0.39, 0.29) is 5.97 Å². The van der Waals surface area contributed by atoms with Crippen LogP contribution in [0, 0.1) is 0 Å². The first-order valence-corrected chi connectivity index (χ1v) is 8.48. The zero-order chi connectivity index (χ0) is 17.6. The normalized spacial score (nSPS) is 12.7. The Labute approximate surface area is 145 Å². The minimum absolute atomic E-state index is 0.251. The third-order valence-corrected chi connectivity index (χ3v) is 3.72. The molecule has 24 heavy (non-hydrogen) atoms. The van der Waals surface area contributed by atoms with Crippen LogP contribution in [0.3, 0.4) is 0 Å². The number of nitrogens with one attached hydrogen (secondary N) is 1. The standard InChI is InChI=1S/C21H27NO2/c1-5-16-11-13-17(14-12-16)15-22-19(18-9-7-6-8-10-18)20(23)24-21(2,3)4/h6-14,19,22H,5,15H2,1-4H3. The van der Waals surface area contributed by atoms with E-state index in [0.717, 1.165) is 17.5 Å². The Morgan fingerprint density at radius 2 is 1.58 bits per heavy atom. The van der Waals surface area contributed by atoms with Crippen LogP contribution >= 0.6 is 0 Å². The first kappa shape index (κ1) is 18.2. The van der Waals surface area contributed by atoms with Crippen LogP contribution in [0.2, 0.25) is 0 Å². The summed E-state index contributed by atoms with van der Waals surface area (Å²) < 4.78 is 5.58. The van der Waals surface area contributed by atoms with Gasteiger partial charge in [-0.25, -0.2) is 4.79 Å². The molecular weight excluding hydrogens is 298 g/mol. The molecule has 2 aromatic carbocycles. The van der Waals surface area contributed by atoms with Crippen molar-refractivity contribution in [1.29, 1.82) is 0 Å². The van der Waals surface area contributed by atoms with Gasteiger partial charge in [0, 0.05) is 6.54 Å². The quantitative estimate of drug-likeness (QED) is 0.799. The van der Waals surface area contributed by atoms with Gasteiger partial charge in [0.1, 0.15) is 11.6 Å². The molecule has 2 aromatic rings. The lowest BCUT2D eigenvalue weighted by Gasteiger charge is -2.25. The molecule has 0 heterocycles. The van der Waals surface area contributed by atoms with E-state index in [4.69, 9.17) is 4.74 Å². The number of aryl methyl sites for hydroxylation is 1. The number of rotatable bonds is 6. The molecule has 0 fully saturated rings. The third-order valence-electron chi connectivity index (χ3n) is 3.72. The number of benzene rings is 2. The first-order chi connectivity index (χ1) is 11.4. The van der Waals surface area contributed by atoms with Crippen molar-refractivity contribution in [2.24, 2.45) is 0 Å². The van der Waals surface area contributed by atoms with Gasteiger partial charge in [-0.3, -0.25) is 5.32 Å². The largest absolute Gasteiger partial charge is 0.459 e.